The van der Waals surface area contributed by atoms with E-state index in [1.54, 1.807) is 12.1 Å². The molecule has 2 aliphatic heterocycles. The summed E-state index contributed by atoms with van der Waals surface area (Å²) in [6.07, 6.45) is 0.745. The maximum absolute atomic E-state index is 13.5. The van der Waals surface area contributed by atoms with Crippen LogP contribution in [0.15, 0.2) is 70.7 Å². The van der Waals surface area contributed by atoms with Crippen LogP contribution in [-0.4, -0.2) is 34.5 Å². The molecule has 192 valence electrons. The van der Waals surface area contributed by atoms with Crippen molar-refractivity contribution >= 4 is 60.1 Å². The van der Waals surface area contributed by atoms with Gasteiger partial charge >= 0.3 is 5.91 Å². The van der Waals surface area contributed by atoms with Gasteiger partial charge in [0.15, 0.2) is 5.13 Å². The second kappa shape index (κ2) is 9.56. The first-order valence-electron chi connectivity index (χ1n) is 12.2. The van der Waals surface area contributed by atoms with Gasteiger partial charge in [0.1, 0.15) is 23.4 Å². The van der Waals surface area contributed by atoms with Gasteiger partial charge in [-0.25, -0.2) is 4.98 Å². The van der Waals surface area contributed by atoms with Crippen LogP contribution in [0, 0.1) is 0 Å². The predicted octanol–water partition coefficient (Wildman–Crippen LogP) is 6.41. The van der Waals surface area contributed by atoms with E-state index in [4.69, 9.17) is 9.47 Å². The van der Waals surface area contributed by atoms with Crippen LogP contribution in [0.25, 0.3) is 16.0 Å². The number of aromatic nitrogens is 1. The lowest BCUT2D eigenvalue weighted by atomic mass is 9.94. The molecule has 1 fully saturated rings. The number of nitrogens with zero attached hydrogens (tertiary/aromatic N) is 2. The highest BCUT2D eigenvalue weighted by molar-refractivity contribution is 9.10. The number of ether oxygens (including phenoxy) is 2. The lowest BCUT2D eigenvalue weighted by molar-refractivity contribution is -0.132. The van der Waals surface area contributed by atoms with Crippen LogP contribution in [0.4, 0.5) is 5.13 Å². The van der Waals surface area contributed by atoms with Crippen molar-refractivity contribution in [3.05, 3.63) is 87.4 Å². The molecule has 38 heavy (non-hydrogen) atoms. The Morgan fingerprint density at radius 2 is 1.95 bits per heavy atom. The summed E-state index contributed by atoms with van der Waals surface area (Å²) in [6.45, 7) is 4.42. The summed E-state index contributed by atoms with van der Waals surface area (Å²) in [4.78, 5) is 33.1. The van der Waals surface area contributed by atoms with E-state index >= 15 is 0 Å². The minimum absolute atomic E-state index is 0.0264. The maximum atomic E-state index is 13.5. The summed E-state index contributed by atoms with van der Waals surface area (Å²) in [5, 5.41) is 11.9. The van der Waals surface area contributed by atoms with Crippen LogP contribution in [0.5, 0.6) is 11.5 Å². The van der Waals surface area contributed by atoms with E-state index in [0.717, 1.165) is 20.5 Å². The molecule has 0 aliphatic carbocycles. The molecule has 4 aromatic rings. The molecule has 1 aromatic heterocycles. The Morgan fingerprint density at radius 1 is 1.16 bits per heavy atom. The summed E-state index contributed by atoms with van der Waals surface area (Å²) in [6, 6.07) is 17.4. The van der Waals surface area contributed by atoms with Crippen molar-refractivity contribution in [2.75, 3.05) is 11.5 Å². The molecule has 2 aliphatic rings. The number of halogens is 1. The summed E-state index contributed by atoms with van der Waals surface area (Å²) in [7, 11) is 0. The fourth-order valence-electron chi connectivity index (χ4n) is 4.97. The number of rotatable bonds is 5. The zero-order valence-corrected chi connectivity index (χ0v) is 23.0. The minimum Gasteiger partial charge on any atom is -0.507 e. The summed E-state index contributed by atoms with van der Waals surface area (Å²) in [5.74, 6) is -0.242. The topological polar surface area (TPSA) is 89.0 Å². The molecule has 1 amide bonds. The zero-order valence-electron chi connectivity index (χ0n) is 20.6. The Kier molecular flexibility index (Phi) is 6.20. The van der Waals surface area contributed by atoms with Crippen molar-refractivity contribution in [1.82, 2.24) is 4.98 Å². The third-order valence-corrected chi connectivity index (χ3v) is 8.21. The summed E-state index contributed by atoms with van der Waals surface area (Å²) < 4.78 is 13.1. The van der Waals surface area contributed by atoms with Gasteiger partial charge < -0.3 is 14.6 Å². The number of hydrogen-bond donors (Lipinski definition) is 1. The van der Waals surface area contributed by atoms with E-state index in [-0.39, 0.29) is 17.4 Å². The first kappa shape index (κ1) is 24.6. The number of thiazole rings is 1. The Morgan fingerprint density at radius 3 is 2.71 bits per heavy atom. The van der Waals surface area contributed by atoms with Crippen molar-refractivity contribution < 1.29 is 24.2 Å². The Balaban J connectivity index is 1.50. The molecule has 3 heterocycles. The van der Waals surface area contributed by atoms with Crippen LogP contribution in [0.3, 0.4) is 0 Å². The van der Waals surface area contributed by atoms with E-state index < -0.39 is 17.7 Å². The van der Waals surface area contributed by atoms with Crippen molar-refractivity contribution in [3.8, 4) is 11.5 Å². The van der Waals surface area contributed by atoms with Gasteiger partial charge in [0.05, 0.1) is 28.4 Å². The van der Waals surface area contributed by atoms with Gasteiger partial charge in [-0.1, -0.05) is 39.4 Å². The number of hydrogen-bond acceptors (Lipinski definition) is 7. The Bertz CT molecular complexity index is 1630. The number of ketones is 1. The molecule has 7 nitrogen and oxygen atoms in total. The zero-order chi connectivity index (χ0) is 26.6. The largest absolute Gasteiger partial charge is 0.507 e. The number of fused-ring (bicyclic) bond motifs is 2. The number of carbonyl (C=O) groups is 2. The Hall–Kier alpha value is -3.69. The third-order valence-electron chi connectivity index (χ3n) is 6.67. The average Bonchev–Trinajstić information content (AvgIpc) is 3.56. The molecule has 0 saturated carbocycles. The second-order valence-corrected chi connectivity index (χ2v) is 11.2. The van der Waals surface area contributed by atoms with Gasteiger partial charge in [0.2, 0.25) is 0 Å². The number of aliphatic hydroxyl groups is 1. The van der Waals surface area contributed by atoms with Crippen LogP contribution >= 0.6 is 27.3 Å². The molecular formula is C29H23BrN2O5S. The van der Waals surface area contributed by atoms with Crippen LogP contribution < -0.4 is 14.4 Å². The van der Waals surface area contributed by atoms with E-state index in [0.29, 0.717) is 40.6 Å². The molecule has 0 radical (unpaired) electrons. The molecule has 0 unspecified atom stereocenters. The lowest BCUT2D eigenvalue weighted by Crippen LogP contribution is -2.29. The predicted molar refractivity (Wildman–Crippen MR) is 150 cm³/mol. The van der Waals surface area contributed by atoms with Gasteiger partial charge in [0, 0.05) is 16.5 Å². The van der Waals surface area contributed by atoms with Crippen molar-refractivity contribution in [1.29, 1.82) is 0 Å². The van der Waals surface area contributed by atoms with Crippen molar-refractivity contribution in [3.63, 3.8) is 0 Å². The molecule has 6 rings (SSSR count). The van der Waals surface area contributed by atoms with Gasteiger partial charge in [0.25, 0.3) is 5.78 Å². The van der Waals surface area contributed by atoms with Gasteiger partial charge in [-0.3, -0.25) is 14.5 Å². The Labute approximate surface area is 231 Å². The number of amides is 1. The third kappa shape index (κ3) is 4.16. The smallest absolute Gasteiger partial charge is 0.301 e. The van der Waals surface area contributed by atoms with Crippen molar-refractivity contribution in [2.45, 2.75) is 32.4 Å². The highest BCUT2D eigenvalue weighted by Crippen LogP contribution is 2.45. The molecule has 3 aromatic carbocycles. The van der Waals surface area contributed by atoms with E-state index in [9.17, 15) is 14.7 Å². The fraction of sp³-hybridized carbons (Fsp3) is 0.207. The molecule has 1 saturated heterocycles. The van der Waals surface area contributed by atoms with Gasteiger partial charge in [-0.2, -0.15) is 0 Å². The molecular weight excluding hydrogens is 568 g/mol. The normalized spacial score (nSPS) is 20.1. The monoisotopic (exact) mass is 590 g/mol. The number of benzene rings is 3. The first-order chi connectivity index (χ1) is 18.3. The minimum atomic E-state index is -0.849. The number of carbonyl (C=O) groups excluding carboxylic acids is 2. The van der Waals surface area contributed by atoms with Crippen LogP contribution in [0.2, 0.25) is 0 Å². The highest BCUT2D eigenvalue weighted by Gasteiger charge is 2.48. The van der Waals surface area contributed by atoms with E-state index in [1.165, 1.54) is 16.2 Å². The molecule has 0 spiro atoms. The summed E-state index contributed by atoms with van der Waals surface area (Å²) >= 11 is 4.75. The second-order valence-electron chi connectivity index (χ2n) is 9.23. The van der Waals surface area contributed by atoms with Gasteiger partial charge in [-0.15, -0.1) is 0 Å². The van der Waals surface area contributed by atoms with Crippen LogP contribution in [-0.2, 0) is 16.0 Å². The standard InChI is InChI=1S/C29H23BrN2O5S/c1-3-36-20-9-10-21-23(14-20)38-29(31-21)32-25(16-4-7-19(30)8-5-16)24(27(34)28(32)35)26(33)17-6-11-22-18(13-17)12-15(2)37-22/h4-11,13-15,25,33H,3,12H2,1-2H3/t15-,25+/m1/s1. The quantitative estimate of drug-likeness (QED) is 0.164. The molecule has 2 atom stereocenters. The highest BCUT2D eigenvalue weighted by atomic mass is 79.9. The van der Waals surface area contributed by atoms with Crippen molar-refractivity contribution in [2.24, 2.45) is 0 Å². The first-order valence-corrected chi connectivity index (χ1v) is 13.8. The maximum Gasteiger partial charge on any atom is 0.301 e. The fourth-order valence-corrected chi connectivity index (χ4v) is 6.25. The average molecular weight is 591 g/mol. The number of aliphatic hydroxyl groups excluding tert-OH is 1. The number of anilines is 1. The molecule has 0 bridgehead atoms. The van der Waals surface area contributed by atoms with E-state index in [2.05, 4.69) is 20.9 Å². The number of Topliss-reactive ketones (excluding diaryl/α,β-unsaturated/α-hetero) is 1. The van der Waals surface area contributed by atoms with E-state index in [1.807, 2.05) is 62.4 Å². The SMILES string of the molecule is CCOc1ccc2nc(N3C(=O)C(=O)C(=C(O)c4ccc5c(c4)C[C@@H](C)O5)[C@@H]3c3ccc(Br)cc3)sc2c1. The summed E-state index contributed by atoms with van der Waals surface area (Å²) in [5.41, 5.74) is 2.82. The molecule has 1 N–H and O–H groups in total. The molecule has 9 heteroatoms. The lowest BCUT2D eigenvalue weighted by Gasteiger charge is -2.23. The van der Waals surface area contributed by atoms with Crippen LogP contribution in [0.1, 0.15) is 36.6 Å². The van der Waals surface area contributed by atoms with Gasteiger partial charge in [-0.05, 0) is 73.5 Å².